The van der Waals surface area contributed by atoms with Gasteiger partial charge in [0.15, 0.2) is 0 Å². The summed E-state index contributed by atoms with van der Waals surface area (Å²) >= 11 is 0. The normalized spacial score (nSPS) is 11.3. The van der Waals surface area contributed by atoms with E-state index in [4.69, 9.17) is 0 Å². The molecule has 0 aliphatic carbocycles. The summed E-state index contributed by atoms with van der Waals surface area (Å²) in [5, 5.41) is 23.6. The van der Waals surface area contributed by atoms with E-state index >= 15 is 0 Å². The highest BCUT2D eigenvalue weighted by Gasteiger charge is 2.17. The van der Waals surface area contributed by atoms with Gasteiger partial charge in [-0.15, -0.1) is 0 Å². The van der Waals surface area contributed by atoms with Crippen LogP contribution >= 0.6 is 0 Å². The molecule has 0 heterocycles. The van der Waals surface area contributed by atoms with Crippen LogP contribution in [0.15, 0.2) is 59.5 Å². The Morgan fingerprint density at radius 1 is 1.07 bits per heavy atom. The minimum absolute atomic E-state index is 0.00612. The molecule has 9 nitrogen and oxygen atoms in total. The minimum Gasteiger partial charge on any atom is -0.508 e. The van der Waals surface area contributed by atoms with Crippen LogP contribution in [0.5, 0.6) is 5.75 Å². The summed E-state index contributed by atoms with van der Waals surface area (Å²) in [6.45, 7) is 0. The van der Waals surface area contributed by atoms with Crippen LogP contribution in [0.2, 0.25) is 0 Å². The number of nitrogens with one attached hydrogen (secondary N) is 1. The van der Waals surface area contributed by atoms with Gasteiger partial charge in [-0.1, -0.05) is 6.07 Å². The minimum atomic E-state index is -4.57. The Morgan fingerprint density at radius 3 is 2.48 bits per heavy atom. The number of non-ortho nitro benzene ring substituents is 1. The number of carbonyl (C=O) groups is 1. The number of benzene rings is 3. The van der Waals surface area contributed by atoms with Gasteiger partial charge in [-0.2, -0.15) is 8.42 Å². The fourth-order valence-corrected chi connectivity index (χ4v) is 3.08. The summed E-state index contributed by atoms with van der Waals surface area (Å²) in [5.74, 6) is -0.841. The van der Waals surface area contributed by atoms with Crippen LogP contribution < -0.4 is 5.32 Å². The Hall–Kier alpha value is -3.50. The number of nitro groups is 1. The number of amides is 1. The number of aromatic hydroxyl groups is 1. The SMILES string of the molecule is O=C(Nc1cc(S(=O)(=O)O)cc2cc(O)ccc12)c1cccc([N+](=O)[O-])c1. The summed E-state index contributed by atoms with van der Waals surface area (Å²) in [4.78, 5) is 22.2. The van der Waals surface area contributed by atoms with Crippen molar-refractivity contribution in [2.24, 2.45) is 0 Å². The van der Waals surface area contributed by atoms with Gasteiger partial charge in [0.25, 0.3) is 21.7 Å². The zero-order valence-electron chi connectivity index (χ0n) is 13.5. The molecule has 0 radical (unpaired) electrons. The molecule has 138 valence electrons. The van der Waals surface area contributed by atoms with Crippen molar-refractivity contribution >= 4 is 38.2 Å². The highest BCUT2D eigenvalue weighted by Crippen LogP contribution is 2.30. The molecule has 0 atom stereocenters. The molecular formula is C17H12N2O7S. The van der Waals surface area contributed by atoms with Crippen molar-refractivity contribution in [1.82, 2.24) is 0 Å². The second kappa shape index (κ2) is 6.67. The molecule has 0 bridgehead atoms. The first-order valence-electron chi connectivity index (χ1n) is 7.45. The summed E-state index contributed by atoms with van der Waals surface area (Å²) in [6.07, 6.45) is 0. The second-order valence-corrected chi connectivity index (χ2v) is 7.03. The predicted octanol–water partition coefficient (Wildman–Crippen LogP) is 2.95. The number of hydrogen-bond acceptors (Lipinski definition) is 6. The van der Waals surface area contributed by atoms with Gasteiger partial charge >= 0.3 is 0 Å². The van der Waals surface area contributed by atoms with Crippen LogP contribution in [0.4, 0.5) is 11.4 Å². The highest BCUT2D eigenvalue weighted by molar-refractivity contribution is 7.85. The Kier molecular flexibility index (Phi) is 4.52. The molecule has 0 unspecified atom stereocenters. The zero-order chi connectivity index (χ0) is 19.8. The van der Waals surface area contributed by atoms with E-state index in [1.807, 2.05) is 0 Å². The lowest BCUT2D eigenvalue weighted by Gasteiger charge is -2.11. The number of nitrogens with zero attached hydrogens (tertiary/aromatic N) is 1. The number of anilines is 1. The molecule has 0 aromatic heterocycles. The first-order chi connectivity index (χ1) is 12.6. The topological polar surface area (TPSA) is 147 Å². The number of nitro benzene ring substituents is 1. The van der Waals surface area contributed by atoms with E-state index in [0.717, 1.165) is 18.2 Å². The molecular weight excluding hydrogens is 376 g/mol. The van der Waals surface area contributed by atoms with Gasteiger partial charge in [-0.3, -0.25) is 19.5 Å². The second-order valence-electron chi connectivity index (χ2n) is 5.61. The van der Waals surface area contributed by atoms with Crippen LogP contribution in [0.1, 0.15) is 10.4 Å². The summed E-state index contributed by atoms with van der Waals surface area (Å²) < 4.78 is 32.3. The zero-order valence-corrected chi connectivity index (χ0v) is 14.3. The van der Waals surface area contributed by atoms with Crippen molar-refractivity contribution in [3.63, 3.8) is 0 Å². The number of rotatable bonds is 4. The molecule has 0 fully saturated rings. The van der Waals surface area contributed by atoms with Gasteiger partial charge in [-0.05, 0) is 41.8 Å². The van der Waals surface area contributed by atoms with Gasteiger partial charge in [-0.25, -0.2) is 0 Å². The van der Waals surface area contributed by atoms with Crippen molar-refractivity contribution in [1.29, 1.82) is 0 Å². The fraction of sp³-hybridized carbons (Fsp3) is 0. The quantitative estimate of drug-likeness (QED) is 0.354. The lowest BCUT2D eigenvalue weighted by molar-refractivity contribution is -0.384. The summed E-state index contributed by atoms with van der Waals surface area (Å²) in [6, 6.07) is 11.3. The molecule has 0 aliphatic rings. The van der Waals surface area contributed by atoms with Crippen LogP contribution in [0.3, 0.4) is 0 Å². The van der Waals surface area contributed by atoms with Crippen molar-refractivity contribution < 1.29 is 27.8 Å². The molecule has 3 aromatic carbocycles. The Labute approximate surface area is 152 Å². The third-order valence-corrected chi connectivity index (χ3v) is 4.61. The van der Waals surface area contributed by atoms with Crippen molar-refractivity contribution in [2.45, 2.75) is 4.90 Å². The average Bonchev–Trinajstić information content (AvgIpc) is 2.60. The monoisotopic (exact) mass is 388 g/mol. The molecule has 27 heavy (non-hydrogen) atoms. The van der Waals surface area contributed by atoms with E-state index < -0.39 is 25.8 Å². The van der Waals surface area contributed by atoms with E-state index in [9.17, 15) is 33.0 Å². The van der Waals surface area contributed by atoms with Gasteiger partial charge in [0.2, 0.25) is 0 Å². The molecule has 10 heteroatoms. The van der Waals surface area contributed by atoms with Gasteiger partial charge < -0.3 is 10.4 Å². The standard InChI is InChI=1S/C17H12N2O7S/c20-13-4-5-15-11(7-13)8-14(27(24,25)26)9-16(15)18-17(21)10-2-1-3-12(6-10)19(22)23/h1-9,20H,(H,18,21)(H,24,25,26). The maximum Gasteiger partial charge on any atom is 0.294 e. The van der Waals surface area contributed by atoms with E-state index in [-0.39, 0.29) is 28.1 Å². The van der Waals surface area contributed by atoms with Crippen LogP contribution in [-0.2, 0) is 10.1 Å². The number of carbonyl (C=O) groups excluding carboxylic acids is 1. The highest BCUT2D eigenvalue weighted by atomic mass is 32.2. The van der Waals surface area contributed by atoms with Crippen molar-refractivity contribution in [3.05, 3.63) is 70.3 Å². The summed E-state index contributed by atoms with van der Waals surface area (Å²) in [5.41, 5.74) is -0.228. The largest absolute Gasteiger partial charge is 0.508 e. The maximum atomic E-state index is 12.5. The average molecular weight is 388 g/mol. The maximum absolute atomic E-state index is 12.5. The molecule has 0 aliphatic heterocycles. The van der Waals surface area contributed by atoms with Crippen LogP contribution in [-0.4, -0.2) is 28.9 Å². The van der Waals surface area contributed by atoms with E-state index in [0.29, 0.717) is 5.39 Å². The van der Waals surface area contributed by atoms with Crippen LogP contribution in [0.25, 0.3) is 10.8 Å². The van der Waals surface area contributed by atoms with Crippen molar-refractivity contribution in [3.8, 4) is 5.75 Å². The number of hydrogen-bond donors (Lipinski definition) is 3. The number of phenolic OH excluding ortho intramolecular Hbond substituents is 1. The van der Waals surface area contributed by atoms with E-state index in [2.05, 4.69) is 5.32 Å². The first-order valence-corrected chi connectivity index (χ1v) is 8.89. The van der Waals surface area contributed by atoms with Gasteiger partial charge in [0.05, 0.1) is 15.5 Å². The third-order valence-electron chi connectivity index (χ3n) is 3.77. The van der Waals surface area contributed by atoms with E-state index in [1.165, 1.54) is 36.4 Å². The fourth-order valence-electron chi connectivity index (χ4n) is 2.54. The Morgan fingerprint density at radius 2 is 1.81 bits per heavy atom. The van der Waals surface area contributed by atoms with Gasteiger partial charge in [0, 0.05) is 23.1 Å². The predicted molar refractivity (Wildman–Crippen MR) is 96.5 cm³/mol. The van der Waals surface area contributed by atoms with Crippen molar-refractivity contribution in [2.75, 3.05) is 5.32 Å². The lowest BCUT2D eigenvalue weighted by Crippen LogP contribution is -2.13. The van der Waals surface area contributed by atoms with Gasteiger partial charge in [0.1, 0.15) is 5.75 Å². The molecule has 0 saturated carbocycles. The molecule has 1 amide bonds. The molecule has 3 N–H and O–H groups in total. The number of phenols is 1. The third kappa shape index (κ3) is 3.86. The number of fused-ring (bicyclic) bond motifs is 1. The molecule has 0 saturated heterocycles. The smallest absolute Gasteiger partial charge is 0.294 e. The summed E-state index contributed by atoms with van der Waals surface area (Å²) in [7, 11) is -4.57. The first kappa shape index (κ1) is 18.3. The Balaban J connectivity index is 2.09. The van der Waals surface area contributed by atoms with E-state index in [1.54, 1.807) is 0 Å². The lowest BCUT2D eigenvalue weighted by atomic mass is 10.1. The molecule has 0 spiro atoms. The van der Waals surface area contributed by atoms with Crippen LogP contribution in [0, 0.1) is 10.1 Å². The Bertz CT molecular complexity index is 1190. The molecule has 3 rings (SSSR count). The molecule has 3 aromatic rings.